The topological polar surface area (TPSA) is 76.8 Å². The zero-order valence-corrected chi connectivity index (χ0v) is 14.3. The largest absolute Gasteiger partial charge is 0.383 e. The molecule has 0 aliphatic heterocycles. The van der Waals surface area contributed by atoms with Gasteiger partial charge in [-0.1, -0.05) is 18.2 Å². The van der Waals surface area contributed by atoms with E-state index >= 15 is 0 Å². The lowest BCUT2D eigenvalue weighted by atomic mass is 10.3. The number of hydrogen-bond donors (Lipinski definition) is 0. The second kappa shape index (κ2) is 6.58. The number of nitrogens with zero attached hydrogens (tertiary/aromatic N) is 4. The Kier molecular flexibility index (Phi) is 4.50. The number of para-hydroxylation sites is 1. The van der Waals surface area contributed by atoms with Gasteiger partial charge in [0.25, 0.3) is 10.0 Å². The SMILES string of the molecule is COCCN(c1ccccc1)S(=O)(=O)c1c(C)nn2cccnc12. The molecule has 0 unspecified atom stereocenters. The summed E-state index contributed by atoms with van der Waals surface area (Å²) >= 11 is 0. The number of methoxy groups -OCH3 is 1. The Labute approximate surface area is 140 Å². The van der Waals surface area contributed by atoms with E-state index in [2.05, 4.69) is 10.1 Å². The van der Waals surface area contributed by atoms with Gasteiger partial charge in [-0.2, -0.15) is 5.10 Å². The zero-order valence-electron chi connectivity index (χ0n) is 13.5. The molecule has 126 valence electrons. The Bertz CT molecular complexity index is 938. The number of rotatable bonds is 6. The number of aryl methyl sites for hydroxylation is 1. The molecule has 0 radical (unpaired) electrons. The van der Waals surface area contributed by atoms with Crippen LogP contribution in [0.5, 0.6) is 0 Å². The van der Waals surface area contributed by atoms with Gasteiger partial charge in [0.05, 0.1) is 24.5 Å². The minimum absolute atomic E-state index is 0.114. The molecule has 8 heteroatoms. The number of benzene rings is 1. The fraction of sp³-hybridized carbons (Fsp3) is 0.250. The van der Waals surface area contributed by atoms with Gasteiger partial charge >= 0.3 is 0 Å². The average molecular weight is 346 g/mol. The van der Waals surface area contributed by atoms with Crippen LogP contribution < -0.4 is 4.31 Å². The van der Waals surface area contributed by atoms with Gasteiger partial charge in [0.15, 0.2) is 10.5 Å². The lowest BCUT2D eigenvalue weighted by molar-refractivity contribution is 0.208. The van der Waals surface area contributed by atoms with Gasteiger partial charge in [-0.3, -0.25) is 4.31 Å². The van der Waals surface area contributed by atoms with Crippen molar-refractivity contribution >= 4 is 21.4 Å². The number of ether oxygens (including phenoxy) is 1. The molecular formula is C16H18N4O3S. The normalized spacial score (nSPS) is 11.8. The molecule has 0 fully saturated rings. The van der Waals surface area contributed by atoms with E-state index in [-0.39, 0.29) is 18.0 Å². The lowest BCUT2D eigenvalue weighted by Gasteiger charge is -2.23. The van der Waals surface area contributed by atoms with Gasteiger partial charge in [0, 0.05) is 19.5 Å². The Hall–Kier alpha value is -2.45. The molecule has 2 heterocycles. The summed E-state index contributed by atoms with van der Waals surface area (Å²) in [6, 6.07) is 10.6. The van der Waals surface area contributed by atoms with Gasteiger partial charge in [0.2, 0.25) is 0 Å². The maximum absolute atomic E-state index is 13.3. The van der Waals surface area contributed by atoms with E-state index in [0.717, 1.165) is 0 Å². The van der Waals surface area contributed by atoms with Crippen molar-refractivity contribution in [2.45, 2.75) is 11.8 Å². The van der Waals surface area contributed by atoms with Gasteiger partial charge in [-0.25, -0.2) is 17.9 Å². The van der Waals surface area contributed by atoms with Gasteiger partial charge in [0.1, 0.15) is 0 Å². The number of anilines is 1. The maximum Gasteiger partial charge on any atom is 0.270 e. The summed E-state index contributed by atoms with van der Waals surface area (Å²) in [6.45, 7) is 2.15. The monoisotopic (exact) mass is 346 g/mol. The molecule has 0 amide bonds. The summed E-state index contributed by atoms with van der Waals surface area (Å²) in [6.07, 6.45) is 3.23. The van der Waals surface area contributed by atoms with Crippen LogP contribution in [0.3, 0.4) is 0 Å². The Balaban J connectivity index is 2.16. The first-order chi connectivity index (χ1) is 11.6. The van der Waals surface area contributed by atoms with Crippen LogP contribution in [0.2, 0.25) is 0 Å². The molecule has 0 N–H and O–H groups in total. The van der Waals surface area contributed by atoms with E-state index in [4.69, 9.17) is 4.74 Å². The van der Waals surface area contributed by atoms with Gasteiger partial charge < -0.3 is 4.74 Å². The molecule has 0 aliphatic rings. The number of aromatic nitrogens is 3. The molecule has 0 aliphatic carbocycles. The van der Waals surface area contributed by atoms with E-state index in [1.165, 1.54) is 15.9 Å². The van der Waals surface area contributed by atoms with Crippen LogP contribution in [0.4, 0.5) is 5.69 Å². The van der Waals surface area contributed by atoms with E-state index in [1.807, 2.05) is 6.07 Å². The predicted octanol–water partition coefficient (Wildman–Crippen LogP) is 1.88. The van der Waals surface area contributed by atoms with Crippen LogP contribution in [-0.4, -0.2) is 43.3 Å². The third-order valence-electron chi connectivity index (χ3n) is 3.61. The molecule has 3 aromatic rings. The van der Waals surface area contributed by atoms with Crippen molar-refractivity contribution in [3.8, 4) is 0 Å². The minimum atomic E-state index is -3.83. The van der Waals surface area contributed by atoms with Crippen LogP contribution in [0.15, 0.2) is 53.7 Å². The second-order valence-corrected chi connectivity index (χ2v) is 7.01. The summed E-state index contributed by atoms with van der Waals surface area (Å²) in [5, 5.41) is 4.25. The molecule has 3 rings (SSSR count). The highest BCUT2D eigenvalue weighted by Gasteiger charge is 2.31. The molecule has 24 heavy (non-hydrogen) atoms. The summed E-state index contributed by atoms with van der Waals surface area (Å²) in [4.78, 5) is 4.30. The second-order valence-electron chi connectivity index (χ2n) is 5.21. The zero-order chi connectivity index (χ0) is 17.2. The summed E-state index contributed by atoms with van der Waals surface area (Å²) in [7, 11) is -2.29. The molecule has 0 saturated heterocycles. The van der Waals surface area contributed by atoms with Crippen molar-refractivity contribution in [2.24, 2.45) is 0 Å². The summed E-state index contributed by atoms with van der Waals surface area (Å²) < 4.78 is 34.5. The summed E-state index contributed by atoms with van der Waals surface area (Å²) in [5.74, 6) is 0. The Morgan fingerprint density at radius 1 is 1.21 bits per heavy atom. The quantitative estimate of drug-likeness (QED) is 0.681. The molecule has 1 aromatic carbocycles. The van der Waals surface area contributed by atoms with Crippen LogP contribution in [0.1, 0.15) is 5.69 Å². The van der Waals surface area contributed by atoms with Crippen molar-refractivity contribution in [2.75, 3.05) is 24.6 Å². The van der Waals surface area contributed by atoms with Crippen molar-refractivity contribution in [3.05, 3.63) is 54.5 Å². The fourth-order valence-electron chi connectivity index (χ4n) is 2.54. The van der Waals surface area contributed by atoms with Crippen molar-refractivity contribution in [1.29, 1.82) is 0 Å². The van der Waals surface area contributed by atoms with E-state index in [1.54, 1.807) is 49.6 Å². The van der Waals surface area contributed by atoms with Crippen molar-refractivity contribution < 1.29 is 13.2 Å². The molecule has 0 saturated carbocycles. The van der Waals surface area contributed by atoms with E-state index < -0.39 is 10.0 Å². The Morgan fingerprint density at radius 3 is 2.67 bits per heavy atom. The van der Waals surface area contributed by atoms with Gasteiger partial charge in [-0.15, -0.1) is 0 Å². The molecule has 2 aromatic heterocycles. The molecule has 0 spiro atoms. The predicted molar refractivity (Wildman–Crippen MR) is 90.6 cm³/mol. The van der Waals surface area contributed by atoms with E-state index in [0.29, 0.717) is 17.0 Å². The summed E-state index contributed by atoms with van der Waals surface area (Å²) in [5.41, 5.74) is 1.30. The average Bonchev–Trinajstić information content (AvgIpc) is 2.92. The number of hydrogen-bond acceptors (Lipinski definition) is 5. The fourth-order valence-corrected chi connectivity index (χ4v) is 4.27. The molecule has 0 bridgehead atoms. The highest BCUT2D eigenvalue weighted by molar-refractivity contribution is 7.93. The maximum atomic E-state index is 13.3. The lowest BCUT2D eigenvalue weighted by Crippen LogP contribution is -2.34. The molecule has 7 nitrogen and oxygen atoms in total. The van der Waals surface area contributed by atoms with Crippen molar-refractivity contribution in [1.82, 2.24) is 14.6 Å². The van der Waals surface area contributed by atoms with E-state index in [9.17, 15) is 8.42 Å². The van der Waals surface area contributed by atoms with Crippen LogP contribution in [-0.2, 0) is 14.8 Å². The van der Waals surface area contributed by atoms with Crippen LogP contribution in [0.25, 0.3) is 5.65 Å². The van der Waals surface area contributed by atoms with Crippen LogP contribution in [0, 0.1) is 6.92 Å². The first kappa shape index (κ1) is 16.4. The third-order valence-corrected chi connectivity index (χ3v) is 5.57. The molecular weight excluding hydrogens is 328 g/mol. The number of fused-ring (bicyclic) bond motifs is 1. The Morgan fingerprint density at radius 2 is 1.96 bits per heavy atom. The first-order valence-corrected chi connectivity index (χ1v) is 8.86. The third kappa shape index (κ3) is 2.85. The smallest absolute Gasteiger partial charge is 0.270 e. The minimum Gasteiger partial charge on any atom is -0.383 e. The standard InChI is InChI=1S/C16H18N4O3S/c1-13-15(16-17-9-6-10-19(16)18-13)24(21,22)20(11-12-23-2)14-7-4-3-5-8-14/h3-10H,11-12H2,1-2H3. The van der Waals surface area contributed by atoms with Crippen molar-refractivity contribution in [3.63, 3.8) is 0 Å². The first-order valence-electron chi connectivity index (χ1n) is 7.42. The van der Waals surface area contributed by atoms with Crippen LogP contribution >= 0.6 is 0 Å². The van der Waals surface area contributed by atoms with Gasteiger partial charge in [-0.05, 0) is 25.1 Å². The highest BCUT2D eigenvalue weighted by atomic mass is 32.2. The highest BCUT2D eigenvalue weighted by Crippen LogP contribution is 2.27. The number of sulfonamides is 1. The molecule has 0 atom stereocenters.